The number of aromatic nitrogens is 1. The first-order valence-corrected chi connectivity index (χ1v) is 7.04. The van der Waals surface area contributed by atoms with Gasteiger partial charge in [0, 0.05) is 11.2 Å². The van der Waals surface area contributed by atoms with E-state index in [4.69, 9.17) is 0 Å². The number of para-hydroxylation sites is 1. The molecular weight excluding hydrogens is 270 g/mol. The molecule has 2 aromatic rings. The zero-order chi connectivity index (χ0) is 10.3. The number of nitrogens with zero attached hydrogens (tertiary/aromatic N) is 1. The molecule has 0 saturated heterocycles. The summed E-state index contributed by atoms with van der Waals surface area (Å²) < 4.78 is 1.31. The van der Waals surface area contributed by atoms with Gasteiger partial charge in [0.15, 0.2) is 0 Å². The zero-order valence-corrected chi connectivity index (χ0v) is 10.7. The van der Waals surface area contributed by atoms with Gasteiger partial charge in [-0.3, -0.25) is 0 Å². The average Bonchev–Trinajstić information content (AvgIpc) is 2.99. The Labute approximate surface area is 102 Å². The second-order valence-corrected chi connectivity index (χ2v) is 6.42. The maximum absolute atomic E-state index is 4.65. The number of fused-ring (bicyclic) bond motifs is 1. The van der Waals surface area contributed by atoms with E-state index in [1.165, 1.54) is 22.5 Å². The highest BCUT2D eigenvalue weighted by molar-refractivity contribution is 9.09. The molecule has 78 valence electrons. The van der Waals surface area contributed by atoms with Crippen molar-refractivity contribution in [2.45, 2.75) is 24.1 Å². The first-order valence-electron chi connectivity index (χ1n) is 5.31. The molecule has 1 aromatic heterocycles. The van der Waals surface area contributed by atoms with Crippen LogP contribution in [0.4, 0.5) is 0 Å². The topological polar surface area (TPSA) is 12.9 Å². The Morgan fingerprint density at radius 1 is 1.40 bits per heavy atom. The summed E-state index contributed by atoms with van der Waals surface area (Å²) in [4.78, 5) is 5.29. The molecule has 0 spiro atoms. The van der Waals surface area contributed by atoms with E-state index in [1.807, 2.05) is 11.3 Å². The standard InChI is InChI=1S/C12H12BrNS/c13-9(8-5-6-8)7-12-14-10-3-1-2-4-11(10)15-12/h1-4,8-9H,5-7H2. The summed E-state index contributed by atoms with van der Waals surface area (Å²) in [5, 5.41) is 1.27. The van der Waals surface area contributed by atoms with Gasteiger partial charge in [-0.15, -0.1) is 11.3 Å². The van der Waals surface area contributed by atoms with Gasteiger partial charge in [-0.1, -0.05) is 28.1 Å². The highest BCUT2D eigenvalue weighted by Crippen LogP contribution is 2.38. The second-order valence-electron chi connectivity index (χ2n) is 4.13. The lowest BCUT2D eigenvalue weighted by Gasteiger charge is -2.03. The molecule has 1 aliphatic carbocycles. The normalized spacial score (nSPS) is 18.2. The first-order chi connectivity index (χ1) is 7.33. The maximum atomic E-state index is 4.65. The molecule has 0 amide bonds. The van der Waals surface area contributed by atoms with E-state index in [0.29, 0.717) is 4.83 Å². The minimum Gasteiger partial charge on any atom is -0.241 e. The van der Waals surface area contributed by atoms with E-state index in [2.05, 4.69) is 45.2 Å². The molecule has 1 heterocycles. The zero-order valence-electron chi connectivity index (χ0n) is 8.32. The molecule has 1 saturated carbocycles. The highest BCUT2D eigenvalue weighted by atomic mass is 79.9. The third-order valence-electron chi connectivity index (χ3n) is 2.84. The van der Waals surface area contributed by atoms with Crippen LogP contribution >= 0.6 is 27.3 Å². The molecule has 1 unspecified atom stereocenters. The predicted octanol–water partition coefficient (Wildman–Crippen LogP) is 4.01. The molecule has 0 bridgehead atoms. The molecule has 15 heavy (non-hydrogen) atoms. The number of alkyl halides is 1. The van der Waals surface area contributed by atoms with Gasteiger partial charge in [-0.05, 0) is 30.9 Å². The van der Waals surface area contributed by atoms with Gasteiger partial charge < -0.3 is 0 Å². The van der Waals surface area contributed by atoms with Crippen molar-refractivity contribution in [1.29, 1.82) is 0 Å². The number of halogens is 1. The average molecular weight is 282 g/mol. The molecule has 3 heteroatoms. The van der Waals surface area contributed by atoms with E-state index in [0.717, 1.165) is 17.9 Å². The fraction of sp³-hybridized carbons (Fsp3) is 0.417. The van der Waals surface area contributed by atoms with Crippen molar-refractivity contribution in [3.05, 3.63) is 29.3 Å². The fourth-order valence-electron chi connectivity index (χ4n) is 1.80. The summed E-state index contributed by atoms with van der Waals surface area (Å²) in [7, 11) is 0. The van der Waals surface area contributed by atoms with Crippen LogP contribution in [0.1, 0.15) is 17.8 Å². The van der Waals surface area contributed by atoms with Crippen molar-refractivity contribution in [3.8, 4) is 0 Å². The summed E-state index contributed by atoms with van der Waals surface area (Å²) in [6.07, 6.45) is 3.87. The Morgan fingerprint density at radius 3 is 2.93 bits per heavy atom. The van der Waals surface area contributed by atoms with Crippen LogP contribution in [-0.2, 0) is 6.42 Å². The van der Waals surface area contributed by atoms with Crippen LogP contribution in [0, 0.1) is 5.92 Å². The largest absolute Gasteiger partial charge is 0.241 e. The molecule has 1 atom stereocenters. The van der Waals surface area contributed by atoms with E-state index in [9.17, 15) is 0 Å². The van der Waals surface area contributed by atoms with Crippen LogP contribution in [0.15, 0.2) is 24.3 Å². The van der Waals surface area contributed by atoms with Gasteiger partial charge >= 0.3 is 0 Å². The van der Waals surface area contributed by atoms with Gasteiger partial charge in [0.25, 0.3) is 0 Å². The van der Waals surface area contributed by atoms with Crippen LogP contribution in [-0.4, -0.2) is 9.81 Å². The van der Waals surface area contributed by atoms with Crippen molar-refractivity contribution in [1.82, 2.24) is 4.98 Å². The summed E-state index contributed by atoms with van der Waals surface area (Å²) in [6, 6.07) is 8.38. The molecule has 0 radical (unpaired) electrons. The van der Waals surface area contributed by atoms with E-state index >= 15 is 0 Å². The number of benzene rings is 1. The molecule has 0 aliphatic heterocycles. The van der Waals surface area contributed by atoms with Crippen molar-refractivity contribution in [3.63, 3.8) is 0 Å². The van der Waals surface area contributed by atoms with Gasteiger partial charge in [0.1, 0.15) is 0 Å². The Kier molecular flexibility index (Phi) is 2.53. The van der Waals surface area contributed by atoms with Gasteiger partial charge in [-0.2, -0.15) is 0 Å². The number of hydrogen-bond donors (Lipinski definition) is 0. The van der Waals surface area contributed by atoms with E-state index in [1.54, 1.807) is 0 Å². The Hall–Kier alpha value is -0.410. The predicted molar refractivity (Wildman–Crippen MR) is 68.8 cm³/mol. The number of hydrogen-bond acceptors (Lipinski definition) is 2. The smallest absolute Gasteiger partial charge is 0.0949 e. The molecule has 1 nitrogen and oxygen atoms in total. The van der Waals surface area contributed by atoms with E-state index in [-0.39, 0.29) is 0 Å². The third-order valence-corrected chi connectivity index (χ3v) is 4.97. The number of rotatable bonds is 3. The summed E-state index contributed by atoms with van der Waals surface area (Å²) in [6.45, 7) is 0. The lowest BCUT2D eigenvalue weighted by atomic mass is 10.2. The van der Waals surface area contributed by atoms with Crippen LogP contribution in [0.2, 0.25) is 0 Å². The van der Waals surface area contributed by atoms with E-state index < -0.39 is 0 Å². The van der Waals surface area contributed by atoms with Crippen molar-refractivity contribution >= 4 is 37.5 Å². The summed E-state index contributed by atoms with van der Waals surface area (Å²) in [5.74, 6) is 0.900. The minimum atomic E-state index is 0.637. The molecule has 1 aliphatic rings. The van der Waals surface area contributed by atoms with Gasteiger partial charge in [0.2, 0.25) is 0 Å². The Morgan fingerprint density at radius 2 is 2.20 bits per heavy atom. The molecule has 3 rings (SSSR count). The molecule has 1 aromatic carbocycles. The molecule has 0 N–H and O–H groups in total. The Balaban J connectivity index is 1.84. The SMILES string of the molecule is BrC(Cc1nc2ccccc2s1)C1CC1. The maximum Gasteiger partial charge on any atom is 0.0949 e. The highest BCUT2D eigenvalue weighted by Gasteiger charge is 2.29. The lowest BCUT2D eigenvalue weighted by molar-refractivity contribution is 0.758. The van der Waals surface area contributed by atoms with Crippen molar-refractivity contribution < 1.29 is 0 Å². The summed E-state index contributed by atoms with van der Waals surface area (Å²) in [5.41, 5.74) is 1.15. The van der Waals surface area contributed by atoms with Crippen LogP contribution in [0.3, 0.4) is 0 Å². The fourth-order valence-corrected chi connectivity index (χ4v) is 3.87. The second kappa shape index (κ2) is 3.87. The summed E-state index contributed by atoms with van der Waals surface area (Å²) >= 11 is 5.59. The monoisotopic (exact) mass is 281 g/mol. The lowest BCUT2D eigenvalue weighted by Crippen LogP contribution is -2.04. The Bertz CT molecular complexity index is 442. The quantitative estimate of drug-likeness (QED) is 0.775. The van der Waals surface area contributed by atoms with Crippen LogP contribution in [0.5, 0.6) is 0 Å². The van der Waals surface area contributed by atoms with Gasteiger partial charge in [0.05, 0.1) is 15.2 Å². The van der Waals surface area contributed by atoms with Crippen molar-refractivity contribution in [2.75, 3.05) is 0 Å². The number of thiazole rings is 1. The molecule has 1 fully saturated rings. The van der Waals surface area contributed by atoms with Crippen LogP contribution in [0.25, 0.3) is 10.2 Å². The minimum absolute atomic E-state index is 0.637. The molecular formula is C12H12BrNS. The first kappa shape index (κ1) is 9.79. The van der Waals surface area contributed by atoms with Crippen LogP contribution < -0.4 is 0 Å². The van der Waals surface area contributed by atoms with Gasteiger partial charge in [-0.25, -0.2) is 4.98 Å². The third kappa shape index (κ3) is 2.08. The van der Waals surface area contributed by atoms with Crippen molar-refractivity contribution in [2.24, 2.45) is 5.92 Å².